The van der Waals surface area contributed by atoms with E-state index >= 15 is 0 Å². The highest BCUT2D eigenvalue weighted by atomic mass is 16.6. The van der Waals surface area contributed by atoms with Gasteiger partial charge in [-0.2, -0.15) is 0 Å². The minimum atomic E-state index is -0.442. The summed E-state index contributed by atoms with van der Waals surface area (Å²) in [7, 11) is 0. The van der Waals surface area contributed by atoms with Crippen molar-refractivity contribution in [3.63, 3.8) is 0 Å². The van der Waals surface area contributed by atoms with Gasteiger partial charge in [-0.05, 0) is 50.7 Å². The molecule has 0 unspecified atom stereocenters. The maximum absolute atomic E-state index is 11.6. The number of ether oxygens (including phenoxy) is 1. The van der Waals surface area contributed by atoms with E-state index in [4.69, 9.17) is 4.74 Å². The Kier molecular flexibility index (Phi) is 4.68. The number of rotatable bonds is 5. The van der Waals surface area contributed by atoms with Crippen LogP contribution < -0.4 is 5.32 Å². The van der Waals surface area contributed by atoms with Crippen molar-refractivity contribution in [1.82, 2.24) is 5.32 Å². The zero-order valence-electron chi connectivity index (χ0n) is 13.2. The fourth-order valence-electron chi connectivity index (χ4n) is 2.29. The molecule has 0 bridgehead atoms. The molecule has 1 aromatic carbocycles. The van der Waals surface area contributed by atoms with E-state index in [0.29, 0.717) is 12.3 Å². The van der Waals surface area contributed by atoms with Gasteiger partial charge in [-0.15, -0.1) is 0 Å². The molecule has 1 aliphatic carbocycles. The Hall–Kier alpha value is -2.11. The molecule has 0 atom stereocenters. The van der Waals surface area contributed by atoms with Gasteiger partial charge in [0, 0.05) is 24.1 Å². The molecule has 0 saturated heterocycles. The SMILES string of the molecule is CC(C)(C)NC(=O)OCCc1ccc([N+](=O)[O-])cc1C1CC1. The van der Waals surface area contributed by atoms with Gasteiger partial charge in [0.2, 0.25) is 0 Å². The zero-order valence-corrected chi connectivity index (χ0v) is 13.2. The molecule has 120 valence electrons. The van der Waals surface area contributed by atoms with Crippen LogP contribution in [0.5, 0.6) is 0 Å². The Labute approximate surface area is 130 Å². The first kappa shape index (κ1) is 16.3. The lowest BCUT2D eigenvalue weighted by molar-refractivity contribution is -0.384. The molecule has 0 heterocycles. The van der Waals surface area contributed by atoms with Crippen molar-refractivity contribution < 1.29 is 14.5 Å². The number of nitrogens with one attached hydrogen (secondary N) is 1. The average Bonchev–Trinajstić information content (AvgIpc) is 3.20. The van der Waals surface area contributed by atoms with E-state index in [9.17, 15) is 14.9 Å². The van der Waals surface area contributed by atoms with Crippen molar-refractivity contribution in [2.45, 2.75) is 51.5 Å². The number of amides is 1. The Bertz CT molecular complexity index is 574. The van der Waals surface area contributed by atoms with Crippen LogP contribution in [-0.2, 0) is 11.2 Å². The smallest absolute Gasteiger partial charge is 0.407 e. The van der Waals surface area contributed by atoms with Crippen molar-refractivity contribution in [3.05, 3.63) is 39.4 Å². The zero-order chi connectivity index (χ0) is 16.3. The fourth-order valence-corrected chi connectivity index (χ4v) is 2.29. The van der Waals surface area contributed by atoms with Crippen molar-refractivity contribution >= 4 is 11.8 Å². The molecular formula is C16H22N2O4. The topological polar surface area (TPSA) is 81.5 Å². The third-order valence-electron chi connectivity index (χ3n) is 3.44. The second kappa shape index (κ2) is 6.34. The van der Waals surface area contributed by atoms with Gasteiger partial charge < -0.3 is 10.1 Å². The van der Waals surface area contributed by atoms with Crippen molar-refractivity contribution in [2.75, 3.05) is 6.61 Å². The van der Waals surface area contributed by atoms with Gasteiger partial charge in [-0.3, -0.25) is 10.1 Å². The molecule has 1 saturated carbocycles. The first-order valence-corrected chi connectivity index (χ1v) is 7.48. The third-order valence-corrected chi connectivity index (χ3v) is 3.44. The van der Waals surface area contributed by atoms with E-state index in [1.165, 1.54) is 6.07 Å². The van der Waals surface area contributed by atoms with Crippen LogP contribution in [0.3, 0.4) is 0 Å². The summed E-state index contributed by atoms with van der Waals surface area (Å²) in [5.74, 6) is 0.415. The van der Waals surface area contributed by atoms with E-state index in [1.807, 2.05) is 20.8 Å². The van der Waals surface area contributed by atoms with Gasteiger partial charge in [0.05, 0.1) is 11.5 Å². The Balaban J connectivity index is 1.95. The predicted molar refractivity (Wildman–Crippen MR) is 83.0 cm³/mol. The largest absolute Gasteiger partial charge is 0.449 e. The maximum atomic E-state index is 11.6. The molecule has 0 aliphatic heterocycles. The molecule has 1 fully saturated rings. The minimum absolute atomic E-state index is 0.122. The molecule has 1 aromatic rings. The van der Waals surface area contributed by atoms with Crippen molar-refractivity contribution in [2.24, 2.45) is 0 Å². The lowest BCUT2D eigenvalue weighted by Gasteiger charge is -2.20. The normalized spacial score (nSPS) is 14.5. The number of hydrogen-bond donors (Lipinski definition) is 1. The minimum Gasteiger partial charge on any atom is -0.449 e. The van der Waals surface area contributed by atoms with Crippen LogP contribution in [0.25, 0.3) is 0 Å². The van der Waals surface area contributed by atoms with Crippen LogP contribution in [0.4, 0.5) is 10.5 Å². The molecular weight excluding hydrogens is 284 g/mol. The second-order valence-corrected chi connectivity index (χ2v) is 6.68. The number of nitro benzene ring substituents is 1. The summed E-state index contributed by atoms with van der Waals surface area (Å²) < 4.78 is 5.17. The molecule has 2 rings (SSSR count). The maximum Gasteiger partial charge on any atom is 0.407 e. The van der Waals surface area contributed by atoms with Crippen LogP contribution in [-0.4, -0.2) is 23.2 Å². The van der Waals surface area contributed by atoms with Gasteiger partial charge in [0.15, 0.2) is 0 Å². The van der Waals surface area contributed by atoms with Gasteiger partial charge >= 0.3 is 6.09 Å². The summed E-state index contributed by atoms with van der Waals surface area (Å²) in [6, 6.07) is 4.94. The average molecular weight is 306 g/mol. The summed E-state index contributed by atoms with van der Waals surface area (Å²) in [4.78, 5) is 22.1. The summed E-state index contributed by atoms with van der Waals surface area (Å²) in [6.45, 7) is 5.92. The summed E-state index contributed by atoms with van der Waals surface area (Å²) in [5, 5.41) is 13.6. The van der Waals surface area contributed by atoms with E-state index < -0.39 is 6.09 Å². The molecule has 22 heavy (non-hydrogen) atoms. The van der Waals surface area contributed by atoms with E-state index in [1.54, 1.807) is 12.1 Å². The quantitative estimate of drug-likeness (QED) is 0.666. The van der Waals surface area contributed by atoms with Gasteiger partial charge in [0.25, 0.3) is 5.69 Å². The van der Waals surface area contributed by atoms with Crippen molar-refractivity contribution in [3.8, 4) is 0 Å². The predicted octanol–water partition coefficient (Wildman–Crippen LogP) is 3.54. The summed E-state index contributed by atoms with van der Waals surface area (Å²) in [5.41, 5.74) is 1.84. The molecule has 1 N–H and O–H groups in total. The molecule has 6 nitrogen and oxygen atoms in total. The highest BCUT2D eigenvalue weighted by Gasteiger charge is 2.27. The van der Waals surface area contributed by atoms with Crippen LogP contribution in [0.1, 0.15) is 50.7 Å². The third kappa shape index (κ3) is 4.72. The number of alkyl carbamates (subject to hydrolysis) is 1. The highest BCUT2D eigenvalue weighted by Crippen LogP contribution is 2.42. The Morgan fingerprint density at radius 3 is 2.64 bits per heavy atom. The van der Waals surface area contributed by atoms with Crippen LogP contribution in [0.2, 0.25) is 0 Å². The van der Waals surface area contributed by atoms with Crippen LogP contribution in [0, 0.1) is 10.1 Å². The lowest BCUT2D eigenvalue weighted by Crippen LogP contribution is -2.41. The number of carbonyl (C=O) groups is 1. The number of hydrogen-bond acceptors (Lipinski definition) is 4. The molecule has 0 radical (unpaired) electrons. The number of benzene rings is 1. The van der Waals surface area contributed by atoms with E-state index in [-0.39, 0.29) is 22.8 Å². The summed E-state index contributed by atoms with van der Waals surface area (Å²) >= 11 is 0. The second-order valence-electron chi connectivity index (χ2n) is 6.68. The van der Waals surface area contributed by atoms with E-state index in [0.717, 1.165) is 24.0 Å². The van der Waals surface area contributed by atoms with E-state index in [2.05, 4.69) is 5.32 Å². The highest BCUT2D eigenvalue weighted by molar-refractivity contribution is 5.68. The number of carbonyl (C=O) groups excluding carboxylic acids is 1. The first-order chi connectivity index (χ1) is 10.3. The summed E-state index contributed by atoms with van der Waals surface area (Å²) in [6.07, 6.45) is 2.27. The molecule has 1 aliphatic rings. The van der Waals surface area contributed by atoms with Crippen LogP contribution in [0.15, 0.2) is 18.2 Å². The molecule has 6 heteroatoms. The lowest BCUT2D eigenvalue weighted by atomic mass is 10.00. The fraction of sp³-hybridized carbons (Fsp3) is 0.562. The number of nitrogens with zero attached hydrogens (tertiary/aromatic N) is 1. The Morgan fingerprint density at radius 2 is 2.09 bits per heavy atom. The standard InChI is InChI=1S/C16H22N2O4/c1-16(2,3)17-15(19)22-9-8-12-6-7-13(18(20)21)10-14(12)11-4-5-11/h6-7,10-11H,4-5,8-9H2,1-3H3,(H,17,19). The van der Waals surface area contributed by atoms with Gasteiger partial charge in [-0.1, -0.05) is 6.07 Å². The molecule has 0 spiro atoms. The van der Waals surface area contributed by atoms with Gasteiger partial charge in [-0.25, -0.2) is 4.79 Å². The van der Waals surface area contributed by atoms with Crippen molar-refractivity contribution in [1.29, 1.82) is 0 Å². The molecule has 1 amide bonds. The number of non-ortho nitro benzene ring substituents is 1. The Morgan fingerprint density at radius 1 is 1.41 bits per heavy atom. The molecule has 0 aromatic heterocycles. The van der Waals surface area contributed by atoms with Crippen LogP contribution >= 0.6 is 0 Å². The number of nitro groups is 1. The first-order valence-electron chi connectivity index (χ1n) is 7.48. The van der Waals surface area contributed by atoms with Gasteiger partial charge in [0.1, 0.15) is 0 Å². The monoisotopic (exact) mass is 306 g/mol.